The molecular formula is C13H16N2O2S2. The first-order valence-electron chi connectivity index (χ1n) is 6.03. The molecule has 0 saturated carbocycles. The van der Waals surface area contributed by atoms with Crippen molar-refractivity contribution in [1.82, 2.24) is 9.88 Å². The Morgan fingerprint density at radius 3 is 3.21 bits per heavy atom. The molecule has 1 N–H and O–H groups in total. The summed E-state index contributed by atoms with van der Waals surface area (Å²) in [5.74, 6) is 0. The molecule has 2 heterocycles. The summed E-state index contributed by atoms with van der Waals surface area (Å²) in [4.78, 5) is 16.8. The first kappa shape index (κ1) is 14.0. The van der Waals surface area contributed by atoms with Crippen molar-refractivity contribution in [3.8, 4) is 0 Å². The van der Waals surface area contributed by atoms with Crippen molar-refractivity contribution < 1.29 is 9.53 Å². The number of aromatic amines is 1. The van der Waals surface area contributed by atoms with Gasteiger partial charge in [0.15, 0.2) is 3.95 Å². The Balaban J connectivity index is 2.12. The largest absolute Gasteiger partial charge is 0.445 e. The van der Waals surface area contributed by atoms with Crippen LogP contribution in [0.15, 0.2) is 24.1 Å². The van der Waals surface area contributed by atoms with E-state index in [0.717, 1.165) is 21.6 Å². The highest BCUT2D eigenvalue weighted by atomic mass is 32.1. The molecule has 19 heavy (non-hydrogen) atoms. The summed E-state index contributed by atoms with van der Waals surface area (Å²) in [5, 5.41) is 1.98. The van der Waals surface area contributed by atoms with Crippen LogP contribution >= 0.6 is 23.6 Å². The Morgan fingerprint density at radius 1 is 1.79 bits per heavy atom. The van der Waals surface area contributed by atoms with E-state index in [9.17, 15) is 4.79 Å². The van der Waals surface area contributed by atoms with Crippen molar-refractivity contribution in [2.45, 2.75) is 19.4 Å². The van der Waals surface area contributed by atoms with Gasteiger partial charge in [0, 0.05) is 11.4 Å². The number of carbonyl (C=O) groups excluding carboxylic acids is 1. The number of hydrogen-bond donors (Lipinski definition) is 1. The van der Waals surface area contributed by atoms with Crippen molar-refractivity contribution in [2.75, 3.05) is 13.2 Å². The van der Waals surface area contributed by atoms with E-state index >= 15 is 0 Å². The molecule has 102 valence electrons. The van der Waals surface area contributed by atoms with Crippen LogP contribution in [-0.4, -0.2) is 35.2 Å². The van der Waals surface area contributed by atoms with Gasteiger partial charge in [0.1, 0.15) is 6.61 Å². The molecule has 0 aromatic carbocycles. The lowest BCUT2D eigenvalue weighted by atomic mass is 10.0. The highest BCUT2D eigenvalue weighted by molar-refractivity contribution is 7.73. The second kappa shape index (κ2) is 6.16. The van der Waals surface area contributed by atoms with Gasteiger partial charge < -0.3 is 14.6 Å². The lowest BCUT2D eigenvalue weighted by Gasteiger charge is -2.32. The average molecular weight is 296 g/mol. The Labute approximate surface area is 121 Å². The van der Waals surface area contributed by atoms with Crippen LogP contribution in [0.1, 0.15) is 19.0 Å². The van der Waals surface area contributed by atoms with Crippen molar-refractivity contribution >= 4 is 35.2 Å². The van der Waals surface area contributed by atoms with Crippen LogP contribution in [0.3, 0.4) is 0 Å². The third kappa shape index (κ3) is 3.33. The maximum absolute atomic E-state index is 12.0. The van der Waals surface area contributed by atoms with Gasteiger partial charge in [0.25, 0.3) is 0 Å². The van der Waals surface area contributed by atoms with Crippen LogP contribution in [-0.2, 0) is 4.74 Å². The van der Waals surface area contributed by atoms with Crippen molar-refractivity contribution in [2.24, 2.45) is 0 Å². The third-order valence-corrected chi connectivity index (χ3v) is 4.06. The zero-order chi connectivity index (χ0) is 13.8. The topological polar surface area (TPSA) is 45.3 Å². The second-order valence-corrected chi connectivity index (χ2v) is 5.92. The van der Waals surface area contributed by atoms with Gasteiger partial charge >= 0.3 is 6.09 Å². The Kier molecular flexibility index (Phi) is 4.55. The molecule has 1 aromatic rings. The quantitative estimate of drug-likeness (QED) is 0.684. The van der Waals surface area contributed by atoms with Gasteiger partial charge in [-0.2, -0.15) is 0 Å². The highest BCUT2D eigenvalue weighted by Crippen LogP contribution is 2.25. The molecule has 0 unspecified atom stereocenters. The molecule has 4 nitrogen and oxygen atoms in total. The molecule has 1 aliphatic heterocycles. The maximum atomic E-state index is 12.0. The van der Waals surface area contributed by atoms with Crippen LogP contribution in [0.4, 0.5) is 4.79 Å². The number of carbonyl (C=O) groups is 1. The van der Waals surface area contributed by atoms with Crippen molar-refractivity contribution in [1.29, 1.82) is 0 Å². The molecule has 0 radical (unpaired) electrons. The molecule has 1 amide bonds. The molecule has 0 bridgehead atoms. The van der Waals surface area contributed by atoms with Gasteiger partial charge in [-0.25, -0.2) is 4.79 Å². The molecule has 1 atom stereocenters. The Morgan fingerprint density at radius 2 is 2.58 bits per heavy atom. The summed E-state index contributed by atoms with van der Waals surface area (Å²) in [6, 6.07) is 0.141. The fourth-order valence-electron chi connectivity index (χ4n) is 1.93. The van der Waals surface area contributed by atoms with Gasteiger partial charge in [-0.1, -0.05) is 18.7 Å². The first-order chi connectivity index (χ1) is 9.11. The lowest BCUT2D eigenvalue weighted by Crippen LogP contribution is -2.42. The van der Waals surface area contributed by atoms with E-state index in [2.05, 4.69) is 17.6 Å². The van der Waals surface area contributed by atoms with E-state index < -0.39 is 0 Å². The third-order valence-electron chi connectivity index (χ3n) is 3.00. The molecular weight excluding hydrogens is 280 g/mol. The number of nitrogens with zero attached hydrogens (tertiary/aromatic N) is 1. The monoisotopic (exact) mass is 296 g/mol. The summed E-state index contributed by atoms with van der Waals surface area (Å²) in [6.07, 6.45) is 4.23. The minimum Gasteiger partial charge on any atom is -0.445 e. The molecule has 0 fully saturated rings. The van der Waals surface area contributed by atoms with Crippen LogP contribution in [0.5, 0.6) is 0 Å². The van der Waals surface area contributed by atoms with Gasteiger partial charge in [0.2, 0.25) is 0 Å². The van der Waals surface area contributed by atoms with Gasteiger partial charge in [-0.3, -0.25) is 0 Å². The highest BCUT2D eigenvalue weighted by Gasteiger charge is 2.26. The van der Waals surface area contributed by atoms with E-state index in [1.54, 1.807) is 11.0 Å². The average Bonchev–Trinajstić information content (AvgIpc) is 2.83. The minimum absolute atomic E-state index is 0.141. The number of nitrogens with one attached hydrogen (secondary N) is 1. The molecule has 6 heteroatoms. The molecule has 1 aliphatic rings. The minimum atomic E-state index is -0.299. The zero-order valence-corrected chi connectivity index (χ0v) is 12.4. The van der Waals surface area contributed by atoms with Crippen LogP contribution in [0.25, 0.3) is 5.57 Å². The summed E-state index contributed by atoms with van der Waals surface area (Å²) < 4.78 is 5.85. The van der Waals surface area contributed by atoms with Crippen molar-refractivity contribution in [3.05, 3.63) is 33.8 Å². The lowest BCUT2D eigenvalue weighted by molar-refractivity contribution is 0.103. The van der Waals surface area contributed by atoms with Crippen LogP contribution in [0, 0.1) is 3.95 Å². The second-order valence-electron chi connectivity index (χ2n) is 4.37. The van der Waals surface area contributed by atoms with E-state index in [1.807, 2.05) is 12.3 Å². The van der Waals surface area contributed by atoms with E-state index in [0.29, 0.717) is 6.54 Å². The van der Waals surface area contributed by atoms with E-state index in [1.165, 1.54) is 11.3 Å². The van der Waals surface area contributed by atoms with Gasteiger partial charge in [-0.05, 0) is 31.1 Å². The van der Waals surface area contributed by atoms with E-state index in [-0.39, 0.29) is 18.7 Å². The summed E-state index contributed by atoms with van der Waals surface area (Å²) in [7, 11) is 0. The summed E-state index contributed by atoms with van der Waals surface area (Å²) in [5.41, 5.74) is 2.07. The first-order valence-corrected chi connectivity index (χ1v) is 7.32. The number of thiazole rings is 1. The fourth-order valence-corrected chi connectivity index (χ4v) is 2.79. The summed E-state index contributed by atoms with van der Waals surface area (Å²) in [6.45, 7) is 6.33. The smallest absolute Gasteiger partial charge is 0.410 e. The molecule has 0 spiro atoms. The fraction of sp³-hybridized carbons (Fsp3) is 0.385. The predicted molar refractivity (Wildman–Crippen MR) is 79.8 cm³/mol. The summed E-state index contributed by atoms with van der Waals surface area (Å²) >= 11 is 6.58. The maximum Gasteiger partial charge on any atom is 0.410 e. The number of ether oxygens (including phenoxy) is 1. The molecule has 1 aromatic heterocycles. The predicted octanol–water partition coefficient (Wildman–Crippen LogP) is 3.61. The SMILES string of the molecule is C=CCOC(=O)N1CC(c2csc(=S)[nH]2)=CC[C@H]1C. The van der Waals surface area contributed by atoms with Gasteiger partial charge in [0.05, 0.1) is 12.2 Å². The molecule has 0 aliphatic carbocycles. The zero-order valence-electron chi connectivity index (χ0n) is 10.7. The number of amides is 1. The van der Waals surface area contributed by atoms with Crippen molar-refractivity contribution in [3.63, 3.8) is 0 Å². The number of H-pyrrole nitrogens is 1. The van der Waals surface area contributed by atoms with Gasteiger partial charge in [-0.15, -0.1) is 11.3 Å². The number of hydrogen-bond acceptors (Lipinski definition) is 4. The normalized spacial score (nSPS) is 18.9. The Bertz CT molecular complexity index is 559. The molecule has 0 saturated heterocycles. The number of rotatable bonds is 3. The van der Waals surface area contributed by atoms with Crippen LogP contribution in [0.2, 0.25) is 0 Å². The number of aromatic nitrogens is 1. The Hall–Kier alpha value is -1.40. The van der Waals surface area contributed by atoms with E-state index in [4.69, 9.17) is 17.0 Å². The van der Waals surface area contributed by atoms with Crippen LogP contribution < -0.4 is 0 Å². The standard InChI is InChI=1S/C13H16N2O2S2/c1-3-6-17-13(16)15-7-10(5-4-9(15)2)11-8-19-12(18)14-11/h3,5,8-9H,1,4,6-7H2,2H3,(H,14,18)/t9-/m1/s1. The molecule has 2 rings (SSSR count).